The van der Waals surface area contributed by atoms with Gasteiger partial charge in [-0.3, -0.25) is 29.4 Å². The molecule has 3 aliphatic heterocycles. The third kappa shape index (κ3) is 6.56. The molecule has 6 N–H and O–H groups in total. The number of carbonyl (C=O) groups is 3. The molecule has 0 radical (unpaired) electrons. The molecule has 51 heavy (non-hydrogen) atoms. The molecule has 2 saturated heterocycles. The van der Waals surface area contributed by atoms with Gasteiger partial charge in [0.15, 0.2) is 0 Å². The van der Waals surface area contributed by atoms with Crippen LogP contribution in [0, 0.1) is 0 Å². The summed E-state index contributed by atoms with van der Waals surface area (Å²) in [5.41, 5.74) is 13.8. The Kier molecular flexibility index (Phi) is 8.94. The summed E-state index contributed by atoms with van der Waals surface area (Å²) in [5, 5.41) is 7.96. The first kappa shape index (κ1) is 33.0. The Bertz CT molecular complexity index is 2200. The number of hydrogen-bond acceptors (Lipinski definition) is 10. The van der Waals surface area contributed by atoms with Crippen LogP contribution < -0.4 is 26.8 Å². The molecule has 3 aromatic heterocycles. The quantitative estimate of drug-likeness (QED) is 0.106. The number of anilines is 3. The molecule has 2 fully saturated rings. The van der Waals surface area contributed by atoms with Gasteiger partial charge >= 0.3 is 0 Å². The molecule has 5 aromatic rings. The van der Waals surface area contributed by atoms with E-state index in [1.165, 1.54) is 22.5 Å². The number of fused-ring (bicyclic) bond motifs is 3. The van der Waals surface area contributed by atoms with Crippen molar-refractivity contribution in [2.24, 2.45) is 0 Å². The summed E-state index contributed by atoms with van der Waals surface area (Å²) in [6.45, 7) is 5.05. The number of unbranched alkanes of at least 4 members (excludes halogenated alkanes) is 2. The van der Waals surface area contributed by atoms with E-state index in [1.807, 2.05) is 40.6 Å². The Labute approximate surface area is 298 Å². The number of nitrogen functional groups attached to an aromatic ring is 1. The lowest BCUT2D eigenvalue weighted by atomic mass is 10.0. The zero-order valence-electron chi connectivity index (χ0n) is 28.3. The number of amides is 3. The molecule has 2 aromatic carbocycles. The second kappa shape index (κ2) is 13.8. The number of nitrogens with two attached hydrogens (primary N) is 1. The lowest BCUT2D eigenvalue weighted by Crippen LogP contribution is -2.50. The van der Waals surface area contributed by atoms with Crippen LogP contribution >= 0.6 is 11.3 Å². The minimum Gasteiger partial charge on any atom is -0.397 e. The van der Waals surface area contributed by atoms with Crippen molar-refractivity contribution in [1.82, 2.24) is 30.1 Å². The maximum absolute atomic E-state index is 13.0. The highest BCUT2D eigenvalue weighted by Gasteiger charge is 2.35. The third-order valence-electron chi connectivity index (χ3n) is 10.4. The van der Waals surface area contributed by atoms with Gasteiger partial charge in [0.2, 0.25) is 17.7 Å². The van der Waals surface area contributed by atoms with Gasteiger partial charge in [0.25, 0.3) is 5.56 Å². The fraction of sp³-hybridized carbons (Fsp3) is 0.378. The van der Waals surface area contributed by atoms with Gasteiger partial charge in [-0.2, -0.15) is 0 Å². The van der Waals surface area contributed by atoms with Crippen LogP contribution in [-0.2, 0) is 27.5 Å². The van der Waals surface area contributed by atoms with Crippen molar-refractivity contribution in [3.63, 3.8) is 0 Å². The highest BCUT2D eigenvalue weighted by molar-refractivity contribution is 7.17. The number of imidazole rings is 1. The summed E-state index contributed by atoms with van der Waals surface area (Å²) in [6.07, 6.45) is 4.26. The SMILES string of the molecule is Nc1c(-c2nc3ccc(N4CCN(C(=O)CCCCCNc5cccc6c5CN(C5CCC(=O)NC5=O)C6)CC4)cc3[nH]2)c(=O)[nH]c2ccsc12. The Morgan fingerprint density at radius 3 is 2.69 bits per heavy atom. The number of H-pyrrole nitrogens is 2. The molecule has 1 unspecified atom stereocenters. The minimum atomic E-state index is -0.271. The van der Waals surface area contributed by atoms with Crippen molar-refractivity contribution in [3.8, 4) is 11.4 Å². The van der Waals surface area contributed by atoms with Crippen LogP contribution in [-0.4, -0.2) is 81.2 Å². The minimum absolute atomic E-state index is 0.189. The average molecular weight is 708 g/mol. The van der Waals surface area contributed by atoms with E-state index < -0.39 is 0 Å². The molecule has 264 valence electrons. The molecule has 0 aliphatic carbocycles. The fourth-order valence-corrected chi connectivity index (χ4v) is 8.44. The summed E-state index contributed by atoms with van der Waals surface area (Å²) in [7, 11) is 0. The van der Waals surface area contributed by atoms with E-state index in [1.54, 1.807) is 0 Å². The van der Waals surface area contributed by atoms with Crippen molar-refractivity contribution in [2.75, 3.05) is 48.7 Å². The van der Waals surface area contributed by atoms with Crippen LogP contribution in [0.15, 0.2) is 52.6 Å². The normalized spacial score (nSPS) is 18.1. The molecule has 1 atom stereocenters. The van der Waals surface area contributed by atoms with Crippen LogP contribution in [0.1, 0.15) is 49.7 Å². The molecule has 0 spiro atoms. The largest absolute Gasteiger partial charge is 0.397 e. The highest BCUT2D eigenvalue weighted by Crippen LogP contribution is 2.34. The smallest absolute Gasteiger partial charge is 0.261 e. The maximum Gasteiger partial charge on any atom is 0.261 e. The number of pyridine rings is 1. The van der Waals surface area contributed by atoms with E-state index in [-0.39, 0.29) is 29.3 Å². The molecule has 6 heterocycles. The van der Waals surface area contributed by atoms with Gasteiger partial charge in [-0.1, -0.05) is 18.6 Å². The molecular weight excluding hydrogens is 667 g/mol. The Hall–Kier alpha value is -5.21. The van der Waals surface area contributed by atoms with E-state index >= 15 is 0 Å². The fourth-order valence-electron chi connectivity index (χ4n) is 7.62. The van der Waals surface area contributed by atoms with Crippen LogP contribution in [0.5, 0.6) is 0 Å². The van der Waals surface area contributed by atoms with Crippen LogP contribution in [0.3, 0.4) is 0 Å². The first-order chi connectivity index (χ1) is 24.8. The predicted molar refractivity (Wildman–Crippen MR) is 200 cm³/mol. The Morgan fingerprint density at radius 1 is 0.980 bits per heavy atom. The Balaban J connectivity index is 0.784. The van der Waals surface area contributed by atoms with Gasteiger partial charge < -0.3 is 30.8 Å². The van der Waals surface area contributed by atoms with E-state index in [4.69, 9.17) is 5.73 Å². The molecule has 13 nitrogen and oxygen atoms in total. The molecule has 14 heteroatoms. The number of aromatic amines is 2. The zero-order chi connectivity index (χ0) is 35.1. The van der Waals surface area contributed by atoms with Gasteiger partial charge in [0.05, 0.1) is 33.0 Å². The zero-order valence-corrected chi connectivity index (χ0v) is 29.1. The second-order valence-electron chi connectivity index (χ2n) is 13.6. The number of benzene rings is 2. The number of rotatable bonds is 10. The summed E-state index contributed by atoms with van der Waals surface area (Å²) in [6, 6.07) is 13.9. The Morgan fingerprint density at radius 2 is 1.84 bits per heavy atom. The monoisotopic (exact) mass is 707 g/mol. The molecule has 3 aliphatic rings. The van der Waals surface area contributed by atoms with Crippen LogP contribution in [0.4, 0.5) is 17.1 Å². The average Bonchev–Trinajstić information content (AvgIpc) is 3.88. The first-order valence-corrected chi connectivity index (χ1v) is 18.5. The summed E-state index contributed by atoms with van der Waals surface area (Å²) < 4.78 is 0.837. The second-order valence-corrected chi connectivity index (χ2v) is 14.5. The number of nitrogens with one attached hydrogen (secondary N) is 4. The third-order valence-corrected chi connectivity index (χ3v) is 11.3. The van der Waals surface area contributed by atoms with E-state index in [9.17, 15) is 19.2 Å². The van der Waals surface area contributed by atoms with E-state index in [2.05, 4.69) is 47.5 Å². The number of nitrogens with zero attached hydrogens (tertiary/aromatic N) is 4. The number of piperazine rings is 1. The lowest BCUT2D eigenvalue weighted by molar-refractivity contribution is -0.137. The number of thiophene rings is 1. The van der Waals surface area contributed by atoms with Crippen molar-refractivity contribution in [1.29, 1.82) is 0 Å². The van der Waals surface area contributed by atoms with Crippen molar-refractivity contribution in [3.05, 3.63) is 69.3 Å². The van der Waals surface area contributed by atoms with Gasteiger partial charge in [0.1, 0.15) is 11.4 Å². The van der Waals surface area contributed by atoms with Crippen molar-refractivity contribution in [2.45, 2.75) is 57.7 Å². The standard InChI is InChI=1S/C37H41N9O4S/c38-33-32(37(50)42-27-12-18-51-34(27)33)35-40-26-9-8-23(19-28(26)41-35)44-14-16-45(17-15-44)31(48)7-2-1-3-13-39-25-6-4-5-22-20-46(21-24(22)25)29-10-11-30(47)43-36(29)49/h4-6,8-9,12,18-19,29,39H,1-3,7,10-11,13-17,20-21H2,(H,40,41)(H3,38,42,50)(H,43,47,49). The number of hydrogen-bond donors (Lipinski definition) is 5. The van der Waals surface area contributed by atoms with E-state index in [0.29, 0.717) is 62.5 Å². The molecule has 3 amide bonds. The van der Waals surface area contributed by atoms with Gasteiger partial charge in [0, 0.05) is 70.0 Å². The molecule has 8 rings (SSSR count). The predicted octanol–water partition coefficient (Wildman–Crippen LogP) is 4.16. The maximum atomic E-state index is 13.0. The lowest BCUT2D eigenvalue weighted by Gasteiger charge is -2.36. The van der Waals surface area contributed by atoms with Crippen LogP contribution in [0.2, 0.25) is 0 Å². The highest BCUT2D eigenvalue weighted by atomic mass is 32.1. The number of piperidine rings is 1. The van der Waals surface area contributed by atoms with Gasteiger partial charge in [-0.25, -0.2) is 4.98 Å². The number of carbonyl (C=O) groups excluding carboxylic acids is 3. The molecule has 0 saturated carbocycles. The summed E-state index contributed by atoms with van der Waals surface area (Å²) >= 11 is 1.48. The van der Waals surface area contributed by atoms with Gasteiger partial charge in [-0.15, -0.1) is 11.3 Å². The van der Waals surface area contributed by atoms with Crippen molar-refractivity contribution >= 4 is 67.4 Å². The van der Waals surface area contributed by atoms with Crippen molar-refractivity contribution < 1.29 is 14.4 Å². The summed E-state index contributed by atoms with van der Waals surface area (Å²) in [5.74, 6) is 0.272. The van der Waals surface area contributed by atoms with Gasteiger partial charge in [-0.05, 0) is 66.1 Å². The summed E-state index contributed by atoms with van der Waals surface area (Å²) in [4.78, 5) is 67.2. The molecule has 0 bridgehead atoms. The molecular formula is C37H41N9O4S. The van der Waals surface area contributed by atoms with Crippen LogP contribution in [0.25, 0.3) is 32.6 Å². The first-order valence-electron chi connectivity index (χ1n) is 17.7. The number of aromatic nitrogens is 3. The number of imide groups is 1. The van der Waals surface area contributed by atoms with E-state index in [0.717, 1.165) is 71.5 Å². The topological polar surface area (TPSA) is 173 Å².